The Morgan fingerprint density at radius 2 is 2.04 bits per heavy atom. The van der Waals surface area contributed by atoms with Crippen LogP contribution in [0, 0.1) is 0 Å². The minimum Gasteiger partial charge on any atom is -0.494 e. The molecule has 1 aromatic carbocycles. The molecule has 2 aromatic heterocycles. The molecule has 23 heavy (non-hydrogen) atoms. The lowest BCUT2D eigenvalue weighted by Crippen LogP contribution is -2.30. The molecule has 1 amide bonds. The predicted octanol–water partition coefficient (Wildman–Crippen LogP) is 0.442. The first-order valence-corrected chi connectivity index (χ1v) is 7.05. The predicted molar refractivity (Wildman–Crippen MR) is 83.0 cm³/mol. The topological polar surface area (TPSA) is 105 Å². The summed E-state index contributed by atoms with van der Waals surface area (Å²) < 4.78 is 7.79. The van der Waals surface area contributed by atoms with E-state index in [9.17, 15) is 9.59 Å². The van der Waals surface area contributed by atoms with Gasteiger partial charge in [-0.05, 0) is 37.3 Å². The second-order valence-corrected chi connectivity index (χ2v) is 4.88. The largest absolute Gasteiger partial charge is 0.494 e. The summed E-state index contributed by atoms with van der Waals surface area (Å²) in [5, 5.41) is 8.20. The van der Waals surface area contributed by atoms with Gasteiger partial charge in [-0.15, -0.1) is 0 Å². The van der Waals surface area contributed by atoms with Crippen molar-refractivity contribution < 1.29 is 9.53 Å². The number of amides is 1. The van der Waals surface area contributed by atoms with Gasteiger partial charge in [-0.25, -0.2) is 9.20 Å². The molecule has 2 N–H and O–H groups in total. The number of primary amides is 1. The van der Waals surface area contributed by atoms with E-state index in [1.54, 1.807) is 6.07 Å². The molecule has 0 unspecified atom stereocenters. The van der Waals surface area contributed by atoms with Crippen LogP contribution in [0.3, 0.4) is 0 Å². The van der Waals surface area contributed by atoms with E-state index in [0.717, 1.165) is 16.0 Å². The molecule has 0 aliphatic carbocycles. The van der Waals surface area contributed by atoms with E-state index in [2.05, 4.69) is 10.2 Å². The number of hydrogen-bond donors (Lipinski definition) is 1. The summed E-state index contributed by atoms with van der Waals surface area (Å²) in [5.74, 6) is 0.140. The van der Waals surface area contributed by atoms with E-state index in [0.29, 0.717) is 17.8 Å². The van der Waals surface area contributed by atoms with Crippen molar-refractivity contribution >= 4 is 11.4 Å². The zero-order valence-electron chi connectivity index (χ0n) is 12.5. The summed E-state index contributed by atoms with van der Waals surface area (Å²) in [5.41, 5.74) is 6.48. The Bertz CT molecular complexity index is 911. The standard InChI is InChI=1S/C15H15N5O3/c1-2-23-11-5-3-10(4-6-11)12-7-13-15(22)19(8-14(16)21)17-9-20(13)18-12/h3-7,9H,2,8H2,1H3,(H2,16,21). The summed E-state index contributed by atoms with van der Waals surface area (Å²) in [6.45, 7) is 2.25. The second kappa shape index (κ2) is 5.91. The van der Waals surface area contributed by atoms with Crippen molar-refractivity contribution in [3.05, 3.63) is 47.0 Å². The average molecular weight is 313 g/mol. The number of fused-ring (bicyclic) bond motifs is 1. The Labute approximate surface area is 131 Å². The third kappa shape index (κ3) is 2.91. The van der Waals surface area contributed by atoms with Gasteiger partial charge in [-0.3, -0.25) is 9.59 Å². The molecule has 118 valence electrons. The van der Waals surface area contributed by atoms with Crippen LogP contribution in [-0.4, -0.2) is 31.9 Å². The third-order valence-electron chi connectivity index (χ3n) is 3.26. The smallest absolute Gasteiger partial charge is 0.293 e. The van der Waals surface area contributed by atoms with Crippen molar-refractivity contribution in [1.82, 2.24) is 19.4 Å². The van der Waals surface area contributed by atoms with Crippen molar-refractivity contribution in [3.8, 4) is 17.0 Å². The van der Waals surface area contributed by atoms with Gasteiger partial charge >= 0.3 is 0 Å². The average Bonchev–Trinajstić information content (AvgIpc) is 2.96. The zero-order valence-corrected chi connectivity index (χ0v) is 12.5. The van der Waals surface area contributed by atoms with Crippen molar-refractivity contribution in [2.24, 2.45) is 5.73 Å². The van der Waals surface area contributed by atoms with Crippen LogP contribution in [0.5, 0.6) is 5.75 Å². The van der Waals surface area contributed by atoms with E-state index in [1.807, 2.05) is 31.2 Å². The van der Waals surface area contributed by atoms with E-state index in [-0.39, 0.29) is 6.54 Å². The van der Waals surface area contributed by atoms with Gasteiger partial charge in [-0.1, -0.05) is 0 Å². The summed E-state index contributed by atoms with van der Waals surface area (Å²) >= 11 is 0. The van der Waals surface area contributed by atoms with Crippen molar-refractivity contribution in [3.63, 3.8) is 0 Å². The molecule has 0 spiro atoms. The lowest BCUT2D eigenvalue weighted by atomic mass is 10.1. The van der Waals surface area contributed by atoms with Gasteiger partial charge in [0, 0.05) is 5.56 Å². The Morgan fingerprint density at radius 3 is 2.70 bits per heavy atom. The molecule has 0 atom stereocenters. The summed E-state index contributed by atoms with van der Waals surface area (Å²) in [7, 11) is 0. The highest BCUT2D eigenvalue weighted by Crippen LogP contribution is 2.21. The molecule has 0 fully saturated rings. The van der Waals surface area contributed by atoms with Crippen LogP contribution in [-0.2, 0) is 11.3 Å². The maximum Gasteiger partial charge on any atom is 0.293 e. The SMILES string of the molecule is CCOc1ccc(-c2cc3c(=O)n(CC(N)=O)ncn3n2)cc1. The number of nitrogens with two attached hydrogens (primary N) is 1. The Morgan fingerprint density at radius 1 is 1.30 bits per heavy atom. The van der Waals surface area contributed by atoms with E-state index in [4.69, 9.17) is 10.5 Å². The molecule has 0 saturated carbocycles. The van der Waals surface area contributed by atoms with Crippen LogP contribution >= 0.6 is 0 Å². The highest BCUT2D eigenvalue weighted by Gasteiger charge is 2.11. The number of hydrogen-bond acceptors (Lipinski definition) is 5. The van der Waals surface area contributed by atoms with Gasteiger partial charge in [0.05, 0.1) is 12.3 Å². The fraction of sp³-hybridized carbons (Fsp3) is 0.200. The number of carbonyl (C=O) groups is 1. The van der Waals surface area contributed by atoms with Crippen LogP contribution in [0.4, 0.5) is 0 Å². The van der Waals surface area contributed by atoms with E-state index in [1.165, 1.54) is 10.8 Å². The van der Waals surface area contributed by atoms with Gasteiger partial charge in [0.2, 0.25) is 5.91 Å². The van der Waals surface area contributed by atoms with Crippen LogP contribution in [0.15, 0.2) is 41.5 Å². The van der Waals surface area contributed by atoms with Gasteiger partial charge in [0.15, 0.2) is 0 Å². The Balaban J connectivity index is 2.01. The van der Waals surface area contributed by atoms with Gasteiger partial charge in [0.1, 0.15) is 24.1 Å². The van der Waals surface area contributed by atoms with E-state index >= 15 is 0 Å². The van der Waals surface area contributed by atoms with Gasteiger partial charge in [0.25, 0.3) is 5.56 Å². The van der Waals surface area contributed by atoms with Crippen molar-refractivity contribution in [2.45, 2.75) is 13.5 Å². The van der Waals surface area contributed by atoms with Crippen LogP contribution in [0.1, 0.15) is 6.92 Å². The van der Waals surface area contributed by atoms with Crippen LogP contribution in [0.2, 0.25) is 0 Å². The van der Waals surface area contributed by atoms with Crippen molar-refractivity contribution in [2.75, 3.05) is 6.61 Å². The monoisotopic (exact) mass is 313 g/mol. The first-order chi connectivity index (χ1) is 11.1. The highest BCUT2D eigenvalue weighted by atomic mass is 16.5. The first kappa shape index (κ1) is 14.8. The number of nitrogens with zero attached hydrogens (tertiary/aromatic N) is 4. The zero-order chi connectivity index (χ0) is 16.4. The van der Waals surface area contributed by atoms with Gasteiger partial charge in [-0.2, -0.15) is 10.2 Å². The minimum absolute atomic E-state index is 0.265. The molecule has 8 heteroatoms. The molecular formula is C15H15N5O3. The highest BCUT2D eigenvalue weighted by molar-refractivity contribution is 5.73. The summed E-state index contributed by atoms with van der Waals surface area (Å²) in [6.07, 6.45) is 1.37. The number of carbonyl (C=O) groups excluding carboxylic acids is 1. The Kier molecular flexibility index (Phi) is 3.80. The fourth-order valence-corrected chi connectivity index (χ4v) is 2.23. The van der Waals surface area contributed by atoms with Crippen LogP contribution in [0.25, 0.3) is 16.8 Å². The number of ether oxygens (including phenoxy) is 1. The lowest BCUT2D eigenvalue weighted by Gasteiger charge is -2.02. The molecule has 0 aliphatic rings. The molecule has 0 saturated heterocycles. The Hall–Kier alpha value is -3.16. The van der Waals surface area contributed by atoms with Crippen LogP contribution < -0.4 is 16.0 Å². The molecular weight excluding hydrogens is 298 g/mol. The minimum atomic E-state index is -0.629. The number of aromatic nitrogens is 4. The van der Waals surface area contributed by atoms with E-state index < -0.39 is 11.5 Å². The first-order valence-electron chi connectivity index (χ1n) is 7.05. The normalized spacial score (nSPS) is 10.8. The fourth-order valence-electron chi connectivity index (χ4n) is 2.23. The quantitative estimate of drug-likeness (QED) is 0.736. The molecule has 0 radical (unpaired) electrons. The molecule has 8 nitrogen and oxygen atoms in total. The number of rotatable bonds is 5. The summed E-state index contributed by atoms with van der Waals surface area (Å²) in [6, 6.07) is 9.06. The third-order valence-corrected chi connectivity index (χ3v) is 3.26. The lowest BCUT2D eigenvalue weighted by molar-refractivity contribution is -0.118. The molecule has 2 heterocycles. The maximum atomic E-state index is 12.3. The van der Waals surface area contributed by atoms with Crippen molar-refractivity contribution in [1.29, 1.82) is 0 Å². The molecule has 3 aromatic rings. The maximum absolute atomic E-state index is 12.3. The molecule has 0 bridgehead atoms. The second-order valence-electron chi connectivity index (χ2n) is 4.88. The number of benzene rings is 1. The molecule has 0 aliphatic heterocycles. The summed E-state index contributed by atoms with van der Waals surface area (Å²) in [4.78, 5) is 23.2. The molecule has 3 rings (SSSR count). The van der Waals surface area contributed by atoms with Gasteiger partial charge < -0.3 is 10.5 Å².